The van der Waals surface area contributed by atoms with Crippen molar-refractivity contribution in [2.75, 3.05) is 5.75 Å². The number of hydrogen-bond donors (Lipinski definition) is 2. The van der Waals surface area contributed by atoms with E-state index in [0.717, 1.165) is 32.2 Å². The maximum Gasteiger partial charge on any atom is 0.321 e. The van der Waals surface area contributed by atoms with Gasteiger partial charge in [0.25, 0.3) is 0 Å². The molecular weight excluding hydrogens is 278 g/mol. The van der Waals surface area contributed by atoms with E-state index in [1.807, 2.05) is 11.5 Å². The quantitative estimate of drug-likeness (QED) is 0.796. The molecule has 0 radical (unpaired) electrons. The van der Waals surface area contributed by atoms with Crippen molar-refractivity contribution in [3.63, 3.8) is 0 Å². The molecule has 20 heavy (non-hydrogen) atoms. The normalized spacial score (nSPS) is 15.2. The number of aromatic nitrogens is 3. The van der Waals surface area contributed by atoms with Gasteiger partial charge < -0.3 is 9.88 Å². The minimum atomic E-state index is -0.403. The van der Waals surface area contributed by atoms with E-state index in [9.17, 15) is 9.59 Å². The average molecular weight is 297 g/mol. The van der Waals surface area contributed by atoms with Crippen LogP contribution in [-0.4, -0.2) is 38.5 Å². The first-order chi connectivity index (χ1) is 9.69. The number of hydrogen-bond acceptors (Lipinski definition) is 5. The van der Waals surface area contributed by atoms with Gasteiger partial charge in [0, 0.05) is 12.6 Å². The fourth-order valence-electron chi connectivity index (χ4n) is 2.16. The molecule has 7 nitrogen and oxygen atoms in total. The van der Waals surface area contributed by atoms with Gasteiger partial charge in [-0.15, -0.1) is 10.2 Å². The lowest BCUT2D eigenvalue weighted by Gasteiger charge is -2.12. The van der Waals surface area contributed by atoms with E-state index in [-0.39, 0.29) is 17.7 Å². The van der Waals surface area contributed by atoms with Crippen LogP contribution in [0.5, 0.6) is 0 Å². The lowest BCUT2D eigenvalue weighted by molar-refractivity contribution is -0.117. The predicted molar refractivity (Wildman–Crippen MR) is 75.4 cm³/mol. The van der Waals surface area contributed by atoms with Crippen molar-refractivity contribution >= 4 is 23.7 Å². The summed E-state index contributed by atoms with van der Waals surface area (Å²) >= 11 is 1.27. The zero-order valence-corrected chi connectivity index (χ0v) is 12.3. The molecule has 1 saturated carbocycles. The number of nitrogens with zero attached hydrogens (tertiary/aromatic N) is 3. The van der Waals surface area contributed by atoms with Gasteiger partial charge in [0.15, 0.2) is 5.16 Å². The molecule has 110 valence electrons. The van der Waals surface area contributed by atoms with Crippen molar-refractivity contribution in [2.45, 2.75) is 50.4 Å². The van der Waals surface area contributed by atoms with Gasteiger partial charge in [0.1, 0.15) is 6.33 Å². The third kappa shape index (κ3) is 4.22. The first-order valence-electron chi connectivity index (χ1n) is 6.80. The summed E-state index contributed by atoms with van der Waals surface area (Å²) in [5.41, 5.74) is 0. The van der Waals surface area contributed by atoms with Gasteiger partial charge in [0.05, 0.1) is 5.75 Å². The largest absolute Gasteiger partial charge is 0.335 e. The van der Waals surface area contributed by atoms with Crippen LogP contribution in [0.2, 0.25) is 0 Å². The molecule has 1 aliphatic rings. The number of aryl methyl sites for hydroxylation is 1. The number of carbonyl (C=O) groups excluding carboxylic acids is 2. The van der Waals surface area contributed by atoms with E-state index in [2.05, 4.69) is 20.8 Å². The highest BCUT2D eigenvalue weighted by Gasteiger charge is 2.18. The molecule has 0 unspecified atom stereocenters. The Morgan fingerprint density at radius 2 is 2.20 bits per heavy atom. The summed E-state index contributed by atoms with van der Waals surface area (Å²) < 4.78 is 1.84. The second kappa shape index (κ2) is 7.28. The SMILES string of the molecule is CCn1cnnc1SCC(=O)NC(=O)NC1CCCC1. The molecule has 0 aromatic carbocycles. The molecule has 1 fully saturated rings. The summed E-state index contributed by atoms with van der Waals surface area (Å²) in [6, 6.07) is -0.196. The Hall–Kier alpha value is -1.57. The second-order valence-corrected chi connectivity index (χ2v) is 5.63. The Morgan fingerprint density at radius 3 is 2.90 bits per heavy atom. The molecule has 8 heteroatoms. The lowest BCUT2D eigenvalue weighted by atomic mass is 10.2. The average Bonchev–Trinajstić information content (AvgIpc) is 3.06. The summed E-state index contributed by atoms with van der Waals surface area (Å²) in [4.78, 5) is 23.3. The van der Waals surface area contributed by atoms with Gasteiger partial charge in [-0.2, -0.15) is 0 Å². The van der Waals surface area contributed by atoms with E-state index < -0.39 is 6.03 Å². The predicted octanol–water partition coefficient (Wildman–Crippen LogP) is 1.16. The molecule has 0 spiro atoms. The molecule has 1 aliphatic carbocycles. The van der Waals surface area contributed by atoms with Gasteiger partial charge in [-0.3, -0.25) is 10.1 Å². The minimum absolute atomic E-state index is 0.150. The van der Waals surface area contributed by atoms with E-state index in [1.54, 1.807) is 6.33 Å². The van der Waals surface area contributed by atoms with Crippen LogP contribution in [0.25, 0.3) is 0 Å². The zero-order valence-electron chi connectivity index (χ0n) is 11.5. The van der Waals surface area contributed by atoms with Gasteiger partial charge >= 0.3 is 6.03 Å². The molecule has 1 heterocycles. The number of carbonyl (C=O) groups is 2. The molecule has 2 rings (SSSR count). The Kier molecular flexibility index (Phi) is 5.40. The van der Waals surface area contributed by atoms with Crippen molar-refractivity contribution < 1.29 is 9.59 Å². The zero-order chi connectivity index (χ0) is 14.4. The fourth-order valence-corrected chi connectivity index (χ4v) is 2.94. The van der Waals surface area contributed by atoms with Crippen molar-refractivity contribution in [1.29, 1.82) is 0 Å². The molecule has 1 aromatic heterocycles. The van der Waals surface area contributed by atoms with Gasteiger partial charge in [-0.25, -0.2) is 4.79 Å². The molecule has 0 atom stereocenters. The minimum Gasteiger partial charge on any atom is -0.335 e. The standard InChI is InChI=1S/C12H19N5O2S/c1-2-17-8-13-16-12(17)20-7-10(18)15-11(19)14-9-5-3-4-6-9/h8-9H,2-7H2,1H3,(H2,14,15,18,19). The summed E-state index contributed by atoms with van der Waals surface area (Å²) in [7, 11) is 0. The highest BCUT2D eigenvalue weighted by molar-refractivity contribution is 7.99. The van der Waals surface area contributed by atoms with Crippen LogP contribution in [0.3, 0.4) is 0 Å². The maximum absolute atomic E-state index is 11.7. The second-order valence-electron chi connectivity index (χ2n) is 4.69. The monoisotopic (exact) mass is 297 g/mol. The number of nitrogens with one attached hydrogen (secondary N) is 2. The molecule has 2 N–H and O–H groups in total. The van der Waals surface area contributed by atoms with Gasteiger partial charge in [0.2, 0.25) is 5.91 Å². The fraction of sp³-hybridized carbons (Fsp3) is 0.667. The number of rotatable bonds is 5. The van der Waals surface area contributed by atoms with E-state index in [0.29, 0.717) is 5.16 Å². The van der Waals surface area contributed by atoms with Crippen LogP contribution in [0.4, 0.5) is 4.79 Å². The summed E-state index contributed by atoms with van der Waals surface area (Å²) in [5.74, 6) is -0.173. The van der Waals surface area contributed by atoms with Crippen molar-refractivity contribution in [2.24, 2.45) is 0 Å². The van der Waals surface area contributed by atoms with Gasteiger partial charge in [-0.1, -0.05) is 24.6 Å². The molecular formula is C12H19N5O2S. The highest BCUT2D eigenvalue weighted by Crippen LogP contribution is 2.17. The molecule has 0 saturated heterocycles. The third-order valence-electron chi connectivity index (χ3n) is 3.20. The Balaban J connectivity index is 1.70. The third-order valence-corrected chi connectivity index (χ3v) is 4.18. The van der Waals surface area contributed by atoms with Crippen molar-refractivity contribution in [3.05, 3.63) is 6.33 Å². The van der Waals surface area contributed by atoms with Crippen molar-refractivity contribution in [3.8, 4) is 0 Å². The highest BCUT2D eigenvalue weighted by atomic mass is 32.2. The summed E-state index contributed by atoms with van der Waals surface area (Å²) in [5, 5.41) is 13.5. The molecule has 0 bridgehead atoms. The molecule has 0 aliphatic heterocycles. The lowest BCUT2D eigenvalue weighted by Crippen LogP contribution is -2.44. The maximum atomic E-state index is 11.7. The Labute approximate surface area is 121 Å². The Bertz CT molecular complexity index is 470. The summed E-state index contributed by atoms with van der Waals surface area (Å²) in [6.07, 6.45) is 5.89. The number of thioether (sulfide) groups is 1. The van der Waals surface area contributed by atoms with Crippen LogP contribution >= 0.6 is 11.8 Å². The van der Waals surface area contributed by atoms with Crippen LogP contribution in [0.1, 0.15) is 32.6 Å². The van der Waals surface area contributed by atoms with E-state index >= 15 is 0 Å². The topological polar surface area (TPSA) is 88.9 Å². The molecule has 1 aromatic rings. The van der Waals surface area contributed by atoms with E-state index in [1.165, 1.54) is 11.8 Å². The van der Waals surface area contributed by atoms with Crippen LogP contribution in [0.15, 0.2) is 11.5 Å². The van der Waals surface area contributed by atoms with Gasteiger partial charge in [-0.05, 0) is 19.8 Å². The first-order valence-corrected chi connectivity index (χ1v) is 7.78. The van der Waals surface area contributed by atoms with Crippen LogP contribution in [-0.2, 0) is 11.3 Å². The first kappa shape index (κ1) is 14.8. The number of urea groups is 1. The van der Waals surface area contributed by atoms with E-state index in [4.69, 9.17) is 0 Å². The molecule has 3 amide bonds. The number of imide groups is 1. The smallest absolute Gasteiger partial charge is 0.321 e. The summed E-state index contributed by atoms with van der Waals surface area (Å²) in [6.45, 7) is 2.72. The van der Waals surface area contributed by atoms with Crippen LogP contribution in [0, 0.1) is 0 Å². The van der Waals surface area contributed by atoms with Crippen LogP contribution < -0.4 is 10.6 Å². The Morgan fingerprint density at radius 1 is 1.45 bits per heavy atom. The van der Waals surface area contributed by atoms with Crippen molar-refractivity contribution in [1.82, 2.24) is 25.4 Å². The number of amides is 3.